The molecule has 0 bridgehead atoms. The summed E-state index contributed by atoms with van der Waals surface area (Å²) >= 11 is 0. The van der Waals surface area contributed by atoms with Gasteiger partial charge in [-0.2, -0.15) is 0 Å². The lowest BCUT2D eigenvalue weighted by molar-refractivity contribution is 0.185. The van der Waals surface area contributed by atoms with Gasteiger partial charge < -0.3 is 25.8 Å². The zero-order valence-electron chi connectivity index (χ0n) is 22.8. The number of rotatable bonds is 11. The molecule has 4 N–H and O–H groups in total. The van der Waals surface area contributed by atoms with E-state index in [1.54, 1.807) is 56.6 Å². The number of allylic oxidation sites excluding steroid dienone is 6. The van der Waals surface area contributed by atoms with Gasteiger partial charge in [0.2, 0.25) is 10.0 Å². The predicted octanol–water partition coefficient (Wildman–Crippen LogP) is 3.38. The number of nitrogens with two attached hydrogens (primary N) is 1. The molecule has 1 fully saturated rings. The van der Waals surface area contributed by atoms with Crippen LogP contribution >= 0.6 is 0 Å². The predicted molar refractivity (Wildman–Crippen MR) is 155 cm³/mol. The molecule has 0 radical (unpaired) electrons. The van der Waals surface area contributed by atoms with E-state index in [4.69, 9.17) is 5.73 Å². The van der Waals surface area contributed by atoms with Crippen molar-refractivity contribution >= 4 is 28.0 Å². The van der Waals surface area contributed by atoms with E-state index < -0.39 is 15.9 Å². The van der Waals surface area contributed by atoms with Gasteiger partial charge in [0.1, 0.15) is 11.6 Å². The van der Waals surface area contributed by atoms with Crippen molar-refractivity contribution in [2.45, 2.75) is 20.8 Å². The molecule has 1 saturated heterocycles. The fourth-order valence-corrected chi connectivity index (χ4v) is 4.45. The van der Waals surface area contributed by atoms with Crippen molar-refractivity contribution in [2.75, 3.05) is 51.3 Å². The number of hydrogen-bond donors (Lipinski definition) is 3. The van der Waals surface area contributed by atoms with Gasteiger partial charge in [0.15, 0.2) is 5.96 Å². The zero-order valence-corrected chi connectivity index (χ0v) is 23.6. The number of guanidine groups is 1. The third-order valence-electron chi connectivity index (χ3n) is 6.00. The number of sulfonamides is 1. The Morgan fingerprint density at radius 1 is 1.34 bits per heavy atom. The number of aromatic nitrogens is 1. The molecular formula is C26H39FN8O2S. The first-order valence-corrected chi connectivity index (χ1v) is 13.9. The Morgan fingerprint density at radius 3 is 2.63 bits per heavy atom. The van der Waals surface area contributed by atoms with E-state index >= 15 is 0 Å². The number of aromatic amines is 1. The molecule has 0 amide bonds. The summed E-state index contributed by atoms with van der Waals surface area (Å²) in [7, 11) is 0.133. The quantitative estimate of drug-likeness (QED) is 0.222. The Kier molecular flexibility index (Phi) is 11.5. The van der Waals surface area contributed by atoms with Crippen LogP contribution < -0.4 is 11.1 Å². The summed E-state index contributed by atoms with van der Waals surface area (Å²) in [6.07, 6.45) is 11.6. The monoisotopic (exact) mass is 546 g/mol. The van der Waals surface area contributed by atoms with Crippen molar-refractivity contribution in [1.29, 1.82) is 0 Å². The Bertz CT molecular complexity index is 1250. The molecule has 0 aromatic carbocycles. The second kappa shape index (κ2) is 14.3. The maximum Gasteiger partial charge on any atom is 0.234 e. The van der Waals surface area contributed by atoms with E-state index in [0.29, 0.717) is 28.5 Å². The van der Waals surface area contributed by atoms with Crippen molar-refractivity contribution in [3.63, 3.8) is 0 Å². The molecule has 0 spiro atoms. The van der Waals surface area contributed by atoms with Crippen molar-refractivity contribution < 1.29 is 12.8 Å². The number of nitrogens with one attached hydrogen (secondary N) is 2. The van der Waals surface area contributed by atoms with Crippen LogP contribution in [0.15, 0.2) is 82.2 Å². The summed E-state index contributed by atoms with van der Waals surface area (Å²) in [5.74, 6) is 0.161. The number of likely N-dealkylation sites (N-methyl/N-ethyl adjacent to an activating group) is 1. The fraction of sp³-hybridized carbons (Fsp3) is 0.385. The van der Waals surface area contributed by atoms with Crippen molar-refractivity contribution in [3.05, 3.63) is 77.8 Å². The van der Waals surface area contributed by atoms with Gasteiger partial charge in [-0.1, -0.05) is 12.7 Å². The summed E-state index contributed by atoms with van der Waals surface area (Å²) in [4.78, 5) is 15.8. The Balaban J connectivity index is 2.15. The van der Waals surface area contributed by atoms with Crippen LogP contribution in [0.3, 0.4) is 0 Å². The zero-order chi connectivity index (χ0) is 28.3. The molecule has 208 valence electrons. The molecule has 1 aromatic rings. The maximum atomic E-state index is 14.0. The van der Waals surface area contributed by atoms with Crippen molar-refractivity contribution in [3.8, 4) is 0 Å². The van der Waals surface area contributed by atoms with E-state index in [9.17, 15) is 12.8 Å². The third-order valence-corrected chi connectivity index (χ3v) is 7.84. The highest BCUT2D eigenvalue weighted by atomic mass is 32.2. The Morgan fingerprint density at radius 2 is 2.03 bits per heavy atom. The molecule has 38 heavy (non-hydrogen) atoms. The summed E-state index contributed by atoms with van der Waals surface area (Å²) in [6, 6.07) is 1.79. The van der Waals surface area contributed by atoms with Gasteiger partial charge in [0, 0.05) is 57.4 Å². The largest absolute Gasteiger partial charge is 0.369 e. The molecule has 0 atom stereocenters. The molecule has 0 saturated carbocycles. The van der Waals surface area contributed by atoms with Gasteiger partial charge >= 0.3 is 0 Å². The number of hydrogen-bond acceptors (Lipinski definition) is 6. The molecule has 2 rings (SSSR count). The van der Waals surface area contributed by atoms with Crippen LogP contribution in [0.4, 0.5) is 10.2 Å². The summed E-state index contributed by atoms with van der Waals surface area (Å²) in [5.41, 5.74) is 8.14. The van der Waals surface area contributed by atoms with Crippen molar-refractivity contribution in [2.24, 2.45) is 15.7 Å². The highest BCUT2D eigenvalue weighted by Gasteiger charge is 2.18. The highest BCUT2D eigenvalue weighted by Crippen LogP contribution is 2.18. The Hall–Kier alpha value is -3.64. The summed E-state index contributed by atoms with van der Waals surface area (Å²) in [5, 5.41) is 2.97. The molecule has 1 aliphatic rings. The lowest BCUT2D eigenvalue weighted by Gasteiger charge is -2.34. The minimum absolute atomic E-state index is 0.0118. The first-order valence-electron chi connectivity index (χ1n) is 12.3. The molecule has 0 unspecified atom stereocenters. The second-order valence-electron chi connectivity index (χ2n) is 8.63. The number of aliphatic imine (C=N–C) groups is 2. The number of H-pyrrole nitrogens is 1. The second-order valence-corrected chi connectivity index (χ2v) is 10.9. The van der Waals surface area contributed by atoms with E-state index in [1.165, 1.54) is 17.6 Å². The van der Waals surface area contributed by atoms with E-state index in [2.05, 4.69) is 31.8 Å². The van der Waals surface area contributed by atoms with Crippen LogP contribution in [-0.2, 0) is 10.0 Å². The highest BCUT2D eigenvalue weighted by molar-refractivity contribution is 7.89. The fourth-order valence-electron chi connectivity index (χ4n) is 3.55. The normalized spacial score (nSPS) is 17.1. The first-order chi connectivity index (χ1) is 18.0. The maximum absolute atomic E-state index is 14.0. The smallest absolute Gasteiger partial charge is 0.234 e. The van der Waals surface area contributed by atoms with E-state index in [1.807, 2.05) is 18.9 Å². The SMILES string of the molecule is C=C(F)/C(=C\C=C\N=C(N)Nc1[nH]ccc1C=NC(/C=C\C)=C(/C)N(C)S(=O)(=O)CC)N1CCN(C)CC1. The lowest BCUT2D eigenvalue weighted by atomic mass is 10.2. The number of nitrogens with zero attached hydrogens (tertiary/aromatic N) is 5. The minimum Gasteiger partial charge on any atom is -0.369 e. The summed E-state index contributed by atoms with van der Waals surface area (Å²) < 4.78 is 39.8. The van der Waals surface area contributed by atoms with Gasteiger partial charge in [0.05, 0.1) is 22.8 Å². The average molecular weight is 547 g/mol. The average Bonchev–Trinajstić information content (AvgIpc) is 3.32. The van der Waals surface area contributed by atoms with Gasteiger partial charge in [0.25, 0.3) is 0 Å². The van der Waals surface area contributed by atoms with Crippen LogP contribution in [0.5, 0.6) is 0 Å². The number of halogens is 1. The standard InChI is InChI=1S/C26H39FN8O2S/c1-7-10-23(21(4)34(6)38(36,37)8-2)31-19-22-12-14-29-25(22)32-26(28)30-13-9-11-24(20(3)27)35-17-15-33(5)16-18-35/h7,9-14,19,29H,3,8,15-18H2,1-2,4-6H3,(H3,28,30,32)/b10-7-,13-9+,23-21-,24-11+,31-19?. The lowest BCUT2D eigenvalue weighted by Crippen LogP contribution is -2.43. The Labute approximate surface area is 225 Å². The van der Waals surface area contributed by atoms with Crippen LogP contribution in [0.1, 0.15) is 26.3 Å². The van der Waals surface area contributed by atoms with Crippen LogP contribution in [-0.4, -0.2) is 85.7 Å². The van der Waals surface area contributed by atoms with Gasteiger partial charge in [-0.05, 0) is 52.1 Å². The van der Waals surface area contributed by atoms with Gasteiger partial charge in [-0.3, -0.25) is 9.30 Å². The minimum atomic E-state index is -3.41. The molecule has 1 aromatic heterocycles. The number of anilines is 1. The molecular weight excluding hydrogens is 507 g/mol. The molecule has 12 heteroatoms. The van der Waals surface area contributed by atoms with Crippen LogP contribution in [0.25, 0.3) is 0 Å². The third kappa shape index (κ3) is 8.73. The molecule has 1 aliphatic heterocycles. The molecule has 0 aliphatic carbocycles. The van der Waals surface area contributed by atoms with E-state index in [-0.39, 0.29) is 11.7 Å². The van der Waals surface area contributed by atoms with E-state index in [0.717, 1.165) is 26.2 Å². The van der Waals surface area contributed by atoms with Crippen LogP contribution in [0, 0.1) is 0 Å². The van der Waals surface area contributed by atoms with Gasteiger partial charge in [-0.25, -0.2) is 17.8 Å². The molecule has 2 heterocycles. The number of piperazine rings is 1. The first kappa shape index (κ1) is 30.6. The van der Waals surface area contributed by atoms with Crippen LogP contribution in [0.2, 0.25) is 0 Å². The molecule has 10 nitrogen and oxygen atoms in total. The van der Waals surface area contributed by atoms with Gasteiger partial charge in [-0.15, -0.1) is 0 Å². The summed E-state index contributed by atoms with van der Waals surface area (Å²) in [6.45, 7) is 11.7. The topological polar surface area (TPSA) is 122 Å². The van der Waals surface area contributed by atoms with Crippen molar-refractivity contribution in [1.82, 2.24) is 19.1 Å².